The molecule has 1 heterocycles. The summed E-state index contributed by atoms with van der Waals surface area (Å²) in [5.41, 5.74) is 1.12. The lowest BCUT2D eigenvalue weighted by Gasteiger charge is -2.20. The number of hydrogen-bond donors (Lipinski definition) is 2. The first kappa shape index (κ1) is 24.7. The van der Waals surface area contributed by atoms with Crippen LogP contribution in [0.2, 0.25) is 0 Å². The molecular weight excluding hydrogens is 344 g/mol. The van der Waals surface area contributed by atoms with Gasteiger partial charge in [0.2, 0.25) is 5.95 Å². The molecule has 0 radical (unpaired) electrons. The predicted molar refractivity (Wildman–Crippen MR) is 124 cm³/mol. The van der Waals surface area contributed by atoms with Gasteiger partial charge in [-0.3, -0.25) is 0 Å². The van der Waals surface area contributed by atoms with Crippen LogP contribution in [-0.4, -0.2) is 23.1 Å². The van der Waals surface area contributed by atoms with E-state index in [4.69, 9.17) is 9.97 Å². The fraction of sp³-hybridized carbons (Fsp3) is 0.833. The van der Waals surface area contributed by atoms with Crippen molar-refractivity contribution in [2.45, 2.75) is 117 Å². The van der Waals surface area contributed by atoms with E-state index >= 15 is 0 Å². The molecule has 0 saturated carbocycles. The molecule has 0 bridgehead atoms. The van der Waals surface area contributed by atoms with E-state index in [2.05, 4.69) is 51.3 Å². The van der Waals surface area contributed by atoms with Crippen LogP contribution in [0.4, 0.5) is 11.8 Å². The Morgan fingerprint density at radius 2 is 1.18 bits per heavy atom. The van der Waals surface area contributed by atoms with Crippen LogP contribution >= 0.6 is 0 Å². The summed E-state index contributed by atoms with van der Waals surface area (Å²) in [6.45, 7) is 13.1. The SMILES string of the molecule is CCCCCCCCNc1cc(C(C)(C)C)nc(NCCCCCCCC)n1. The Kier molecular flexibility index (Phi) is 12.9. The molecule has 0 atom stereocenters. The quantitative estimate of drug-likeness (QED) is 0.290. The summed E-state index contributed by atoms with van der Waals surface area (Å²) < 4.78 is 0. The number of hydrogen-bond acceptors (Lipinski definition) is 4. The molecule has 4 heteroatoms. The third-order valence-electron chi connectivity index (χ3n) is 5.14. The second kappa shape index (κ2) is 14.6. The Bertz CT molecular complexity index is 472. The first-order chi connectivity index (χ1) is 13.5. The van der Waals surface area contributed by atoms with Gasteiger partial charge in [-0.25, -0.2) is 4.98 Å². The van der Waals surface area contributed by atoms with Crippen molar-refractivity contribution in [1.29, 1.82) is 0 Å². The van der Waals surface area contributed by atoms with Crippen molar-refractivity contribution in [3.05, 3.63) is 11.8 Å². The van der Waals surface area contributed by atoms with E-state index in [0.717, 1.165) is 30.5 Å². The number of anilines is 2. The molecule has 4 nitrogen and oxygen atoms in total. The Balaban J connectivity index is 2.47. The lowest BCUT2D eigenvalue weighted by Crippen LogP contribution is -2.17. The zero-order valence-electron chi connectivity index (χ0n) is 19.4. The van der Waals surface area contributed by atoms with Crippen molar-refractivity contribution < 1.29 is 0 Å². The van der Waals surface area contributed by atoms with Gasteiger partial charge in [-0.2, -0.15) is 4.98 Å². The lowest BCUT2D eigenvalue weighted by molar-refractivity contribution is 0.567. The highest BCUT2D eigenvalue weighted by Gasteiger charge is 2.18. The van der Waals surface area contributed by atoms with Gasteiger partial charge in [-0.15, -0.1) is 0 Å². The van der Waals surface area contributed by atoms with Crippen molar-refractivity contribution in [3.8, 4) is 0 Å². The molecule has 0 aliphatic carbocycles. The van der Waals surface area contributed by atoms with Gasteiger partial charge in [0.15, 0.2) is 0 Å². The van der Waals surface area contributed by atoms with Gasteiger partial charge in [0.25, 0.3) is 0 Å². The number of unbranched alkanes of at least 4 members (excludes halogenated alkanes) is 10. The molecule has 0 fully saturated rings. The van der Waals surface area contributed by atoms with E-state index in [1.165, 1.54) is 77.0 Å². The van der Waals surface area contributed by atoms with E-state index in [1.54, 1.807) is 0 Å². The van der Waals surface area contributed by atoms with Crippen LogP contribution < -0.4 is 10.6 Å². The summed E-state index contributed by atoms with van der Waals surface area (Å²) in [5.74, 6) is 1.73. The Morgan fingerprint density at radius 1 is 0.679 bits per heavy atom. The number of rotatable bonds is 16. The Hall–Kier alpha value is -1.32. The molecular formula is C24H46N4. The van der Waals surface area contributed by atoms with Gasteiger partial charge in [-0.05, 0) is 12.8 Å². The predicted octanol–water partition coefficient (Wildman–Crippen LogP) is 7.32. The first-order valence-electron chi connectivity index (χ1n) is 11.8. The van der Waals surface area contributed by atoms with Gasteiger partial charge in [0, 0.05) is 24.6 Å². The van der Waals surface area contributed by atoms with Gasteiger partial charge in [0.1, 0.15) is 5.82 Å². The molecule has 0 unspecified atom stereocenters. The normalized spacial score (nSPS) is 11.6. The summed E-state index contributed by atoms with van der Waals surface area (Å²) in [5, 5.41) is 6.97. The molecule has 1 rings (SSSR count). The molecule has 0 aliphatic heterocycles. The minimum atomic E-state index is 0.0239. The van der Waals surface area contributed by atoms with Crippen LogP contribution in [0.1, 0.15) is 117 Å². The van der Waals surface area contributed by atoms with Crippen molar-refractivity contribution in [2.75, 3.05) is 23.7 Å². The van der Waals surface area contributed by atoms with Crippen molar-refractivity contribution in [1.82, 2.24) is 9.97 Å². The number of aromatic nitrogens is 2. The topological polar surface area (TPSA) is 49.8 Å². The average molecular weight is 391 g/mol. The van der Waals surface area contributed by atoms with Gasteiger partial charge >= 0.3 is 0 Å². The highest BCUT2D eigenvalue weighted by atomic mass is 15.1. The minimum absolute atomic E-state index is 0.0239. The Morgan fingerprint density at radius 3 is 1.71 bits per heavy atom. The van der Waals surface area contributed by atoms with E-state index in [9.17, 15) is 0 Å². The van der Waals surface area contributed by atoms with E-state index < -0.39 is 0 Å². The molecule has 0 aliphatic rings. The maximum atomic E-state index is 4.77. The Labute approximate surface area is 174 Å². The van der Waals surface area contributed by atoms with Crippen molar-refractivity contribution >= 4 is 11.8 Å². The van der Waals surface area contributed by atoms with Crippen LogP contribution in [0.15, 0.2) is 6.07 Å². The summed E-state index contributed by atoms with van der Waals surface area (Å²) in [6.07, 6.45) is 15.7. The zero-order valence-corrected chi connectivity index (χ0v) is 19.4. The molecule has 1 aromatic rings. The van der Waals surface area contributed by atoms with Crippen molar-refractivity contribution in [2.24, 2.45) is 0 Å². The lowest BCUT2D eigenvalue weighted by atomic mass is 9.92. The standard InChI is InChI=1S/C24H46N4/c1-6-8-10-12-14-16-18-25-22-20-21(24(3,4)5)27-23(28-22)26-19-17-15-13-11-9-7-2/h20H,6-19H2,1-5H3,(H2,25,26,27,28). The van der Waals surface area contributed by atoms with E-state index in [1.807, 2.05) is 0 Å². The molecule has 28 heavy (non-hydrogen) atoms. The second-order valence-electron chi connectivity index (χ2n) is 9.10. The van der Waals surface area contributed by atoms with Crippen LogP contribution in [0.3, 0.4) is 0 Å². The molecule has 0 saturated heterocycles. The number of nitrogens with zero attached hydrogens (tertiary/aromatic N) is 2. The van der Waals surface area contributed by atoms with Gasteiger partial charge < -0.3 is 10.6 Å². The molecule has 2 N–H and O–H groups in total. The summed E-state index contributed by atoms with van der Waals surface area (Å²) in [4.78, 5) is 9.48. The molecule has 0 spiro atoms. The van der Waals surface area contributed by atoms with Crippen LogP contribution in [-0.2, 0) is 5.41 Å². The first-order valence-corrected chi connectivity index (χ1v) is 11.8. The fourth-order valence-corrected chi connectivity index (χ4v) is 3.23. The van der Waals surface area contributed by atoms with Crippen LogP contribution in [0, 0.1) is 0 Å². The fourth-order valence-electron chi connectivity index (χ4n) is 3.23. The molecule has 0 amide bonds. The third kappa shape index (κ3) is 11.5. The highest BCUT2D eigenvalue weighted by molar-refractivity contribution is 5.43. The summed E-state index contributed by atoms with van der Waals surface area (Å²) in [6, 6.07) is 2.12. The van der Waals surface area contributed by atoms with Crippen LogP contribution in [0.25, 0.3) is 0 Å². The van der Waals surface area contributed by atoms with E-state index in [0.29, 0.717) is 0 Å². The molecule has 1 aromatic heterocycles. The number of nitrogens with one attached hydrogen (secondary N) is 2. The molecule has 0 aromatic carbocycles. The highest BCUT2D eigenvalue weighted by Crippen LogP contribution is 2.23. The summed E-state index contributed by atoms with van der Waals surface area (Å²) in [7, 11) is 0. The average Bonchev–Trinajstić information content (AvgIpc) is 2.66. The van der Waals surface area contributed by atoms with Crippen LogP contribution in [0.5, 0.6) is 0 Å². The van der Waals surface area contributed by atoms with Gasteiger partial charge in [0.05, 0.1) is 5.69 Å². The van der Waals surface area contributed by atoms with E-state index in [-0.39, 0.29) is 5.41 Å². The largest absolute Gasteiger partial charge is 0.370 e. The molecule has 162 valence electrons. The smallest absolute Gasteiger partial charge is 0.224 e. The second-order valence-corrected chi connectivity index (χ2v) is 9.10. The monoisotopic (exact) mass is 390 g/mol. The third-order valence-corrected chi connectivity index (χ3v) is 5.14. The summed E-state index contributed by atoms with van der Waals surface area (Å²) >= 11 is 0. The van der Waals surface area contributed by atoms with Gasteiger partial charge in [-0.1, -0.05) is 98.8 Å². The minimum Gasteiger partial charge on any atom is -0.370 e. The maximum absolute atomic E-state index is 4.77. The zero-order chi connectivity index (χ0) is 20.7. The van der Waals surface area contributed by atoms with Crippen molar-refractivity contribution in [3.63, 3.8) is 0 Å². The maximum Gasteiger partial charge on any atom is 0.224 e.